The zero-order valence-corrected chi connectivity index (χ0v) is 12.6. The third-order valence-electron chi connectivity index (χ3n) is 2.89. The van der Waals surface area contributed by atoms with Gasteiger partial charge in [-0.05, 0) is 12.1 Å². The lowest BCUT2D eigenvalue weighted by Gasteiger charge is -2.17. The van der Waals surface area contributed by atoms with Crippen LogP contribution < -0.4 is 14.8 Å². The summed E-state index contributed by atoms with van der Waals surface area (Å²) in [5.41, 5.74) is -0.139. The van der Waals surface area contributed by atoms with E-state index in [9.17, 15) is 9.59 Å². The number of methoxy groups -OCH3 is 2. The van der Waals surface area contributed by atoms with Gasteiger partial charge in [0.2, 0.25) is 0 Å². The lowest BCUT2D eigenvalue weighted by Crippen LogP contribution is -2.35. The fourth-order valence-corrected chi connectivity index (χ4v) is 1.59. The van der Waals surface area contributed by atoms with Crippen LogP contribution >= 0.6 is 0 Å². The second-order valence-corrected chi connectivity index (χ2v) is 5.40. The molecule has 1 aromatic carbocycles. The van der Waals surface area contributed by atoms with E-state index >= 15 is 0 Å². The highest BCUT2D eigenvalue weighted by Gasteiger charge is 2.22. The summed E-state index contributed by atoms with van der Waals surface area (Å²) in [6, 6.07) is 5.02. The number of Topliss-reactive ketones (excluding diaryl/α,β-unsaturated/α-hetero) is 1. The first kappa shape index (κ1) is 16.0. The number of para-hydroxylation sites is 1. The maximum absolute atomic E-state index is 12.1. The standard InChI is InChI=1S/C15H21NO4/c1-15(2,3)12(17)9-16-14(18)10-7-6-8-11(19-4)13(10)20-5/h6-8H,9H2,1-5H3,(H,16,18). The van der Waals surface area contributed by atoms with Crippen LogP contribution in [0.5, 0.6) is 11.5 Å². The Morgan fingerprint density at radius 3 is 2.30 bits per heavy atom. The number of amides is 1. The van der Waals surface area contributed by atoms with Crippen molar-refractivity contribution in [3.05, 3.63) is 23.8 Å². The van der Waals surface area contributed by atoms with Crippen LogP contribution in [0.4, 0.5) is 0 Å². The van der Waals surface area contributed by atoms with Crippen molar-refractivity contribution >= 4 is 11.7 Å². The largest absolute Gasteiger partial charge is 0.493 e. The zero-order valence-electron chi connectivity index (χ0n) is 12.6. The smallest absolute Gasteiger partial charge is 0.255 e. The Kier molecular flexibility index (Phi) is 5.13. The molecule has 1 amide bonds. The molecular weight excluding hydrogens is 258 g/mol. The van der Waals surface area contributed by atoms with Gasteiger partial charge in [0.25, 0.3) is 5.91 Å². The number of hydrogen-bond donors (Lipinski definition) is 1. The molecule has 1 aromatic rings. The summed E-state index contributed by atoms with van der Waals surface area (Å²) < 4.78 is 10.3. The summed E-state index contributed by atoms with van der Waals surface area (Å²) in [6.07, 6.45) is 0. The number of rotatable bonds is 5. The number of nitrogens with one attached hydrogen (secondary N) is 1. The molecule has 0 heterocycles. The molecule has 0 aromatic heterocycles. The molecule has 5 nitrogen and oxygen atoms in total. The number of ether oxygens (including phenoxy) is 2. The van der Waals surface area contributed by atoms with E-state index in [-0.39, 0.29) is 18.2 Å². The Hall–Kier alpha value is -2.04. The summed E-state index contributed by atoms with van der Waals surface area (Å²) >= 11 is 0. The van der Waals surface area contributed by atoms with E-state index in [0.29, 0.717) is 17.1 Å². The van der Waals surface area contributed by atoms with Gasteiger partial charge in [-0.25, -0.2) is 0 Å². The minimum Gasteiger partial charge on any atom is -0.493 e. The molecule has 0 spiro atoms. The summed E-state index contributed by atoms with van der Waals surface area (Å²) in [7, 11) is 2.97. The first-order valence-electron chi connectivity index (χ1n) is 6.33. The van der Waals surface area contributed by atoms with E-state index in [4.69, 9.17) is 9.47 Å². The van der Waals surface area contributed by atoms with Crippen LogP contribution in [0.2, 0.25) is 0 Å². The lowest BCUT2D eigenvalue weighted by molar-refractivity contribution is -0.125. The summed E-state index contributed by atoms with van der Waals surface area (Å²) in [4.78, 5) is 23.9. The first-order valence-corrected chi connectivity index (χ1v) is 6.33. The second-order valence-electron chi connectivity index (χ2n) is 5.40. The molecule has 1 N–H and O–H groups in total. The van der Waals surface area contributed by atoms with Gasteiger partial charge in [-0.3, -0.25) is 9.59 Å². The maximum Gasteiger partial charge on any atom is 0.255 e. The molecular formula is C15H21NO4. The number of ketones is 1. The molecule has 1 rings (SSSR count). The first-order chi connectivity index (χ1) is 9.31. The SMILES string of the molecule is COc1cccc(C(=O)NCC(=O)C(C)(C)C)c1OC. The molecule has 0 unspecified atom stereocenters. The van der Waals surface area contributed by atoms with Crippen LogP contribution in [0.25, 0.3) is 0 Å². The Morgan fingerprint density at radius 1 is 1.15 bits per heavy atom. The molecule has 0 aliphatic rings. The summed E-state index contributed by atoms with van der Waals surface area (Å²) in [6.45, 7) is 5.43. The molecule has 110 valence electrons. The van der Waals surface area contributed by atoms with E-state index in [0.717, 1.165) is 0 Å². The number of benzene rings is 1. The van der Waals surface area contributed by atoms with E-state index in [1.165, 1.54) is 14.2 Å². The lowest BCUT2D eigenvalue weighted by atomic mass is 9.91. The van der Waals surface area contributed by atoms with E-state index in [2.05, 4.69) is 5.32 Å². The third kappa shape index (κ3) is 3.73. The van der Waals surface area contributed by atoms with Crippen LogP contribution in [0.1, 0.15) is 31.1 Å². The molecule has 0 saturated carbocycles. The van der Waals surface area contributed by atoms with Gasteiger partial charge in [0.1, 0.15) is 0 Å². The average molecular weight is 279 g/mol. The average Bonchev–Trinajstić information content (AvgIpc) is 2.42. The minimum absolute atomic E-state index is 0.0112. The normalized spacial score (nSPS) is 10.8. The van der Waals surface area contributed by atoms with Crippen molar-refractivity contribution in [2.45, 2.75) is 20.8 Å². The predicted octanol–water partition coefficient (Wildman–Crippen LogP) is 2.05. The monoisotopic (exact) mass is 279 g/mol. The van der Waals surface area contributed by atoms with Crippen molar-refractivity contribution in [3.8, 4) is 11.5 Å². The fraction of sp³-hybridized carbons (Fsp3) is 0.467. The summed E-state index contributed by atoms with van der Waals surface area (Å²) in [5, 5.41) is 2.61. The zero-order chi connectivity index (χ0) is 15.3. The fourth-order valence-electron chi connectivity index (χ4n) is 1.59. The third-order valence-corrected chi connectivity index (χ3v) is 2.89. The number of carbonyl (C=O) groups is 2. The van der Waals surface area contributed by atoms with Gasteiger partial charge in [-0.15, -0.1) is 0 Å². The van der Waals surface area contributed by atoms with Crippen LogP contribution in [-0.2, 0) is 4.79 Å². The van der Waals surface area contributed by atoms with E-state index in [1.54, 1.807) is 18.2 Å². The molecule has 0 bridgehead atoms. The molecule has 0 fully saturated rings. The van der Waals surface area contributed by atoms with Crippen molar-refractivity contribution in [2.24, 2.45) is 5.41 Å². The van der Waals surface area contributed by atoms with Gasteiger partial charge >= 0.3 is 0 Å². The quantitative estimate of drug-likeness (QED) is 0.896. The van der Waals surface area contributed by atoms with Gasteiger partial charge in [-0.1, -0.05) is 26.8 Å². The highest BCUT2D eigenvalue weighted by Crippen LogP contribution is 2.30. The van der Waals surface area contributed by atoms with Gasteiger partial charge in [0.05, 0.1) is 26.3 Å². The number of hydrogen-bond acceptors (Lipinski definition) is 4. The van der Waals surface area contributed by atoms with E-state index in [1.807, 2.05) is 20.8 Å². The topological polar surface area (TPSA) is 64.6 Å². The predicted molar refractivity (Wildman–Crippen MR) is 76.3 cm³/mol. The number of carbonyl (C=O) groups excluding carboxylic acids is 2. The molecule has 0 saturated heterocycles. The Morgan fingerprint density at radius 2 is 1.80 bits per heavy atom. The highest BCUT2D eigenvalue weighted by atomic mass is 16.5. The van der Waals surface area contributed by atoms with Crippen molar-refractivity contribution in [1.29, 1.82) is 0 Å². The van der Waals surface area contributed by atoms with E-state index < -0.39 is 5.41 Å². The highest BCUT2D eigenvalue weighted by molar-refractivity contribution is 6.00. The maximum atomic E-state index is 12.1. The van der Waals surface area contributed by atoms with Crippen molar-refractivity contribution in [2.75, 3.05) is 20.8 Å². The van der Waals surface area contributed by atoms with Gasteiger partial charge in [0.15, 0.2) is 17.3 Å². The molecule has 0 aliphatic carbocycles. The van der Waals surface area contributed by atoms with Crippen LogP contribution in [0.15, 0.2) is 18.2 Å². The van der Waals surface area contributed by atoms with Crippen molar-refractivity contribution in [1.82, 2.24) is 5.32 Å². The summed E-state index contributed by atoms with van der Waals surface area (Å²) in [5.74, 6) is 0.434. The molecule has 20 heavy (non-hydrogen) atoms. The molecule has 0 atom stereocenters. The Labute approximate surface area is 119 Å². The van der Waals surface area contributed by atoms with Gasteiger partial charge in [0, 0.05) is 5.41 Å². The van der Waals surface area contributed by atoms with Crippen LogP contribution in [-0.4, -0.2) is 32.5 Å². The van der Waals surface area contributed by atoms with Gasteiger partial charge < -0.3 is 14.8 Å². The Balaban J connectivity index is 2.86. The molecule has 0 radical (unpaired) electrons. The second kappa shape index (κ2) is 6.41. The van der Waals surface area contributed by atoms with Crippen LogP contribution in [0.3, 0.4) is 0 Å². The van der Waals surface area contributed by atoms with Crippen LogP contribution in [0, 0.1) is 5.41 Å². The molecule has 5 heteroatoms. The van der Waals surface area contributed by atoms with Gasteiger partial charge in [-0.2, -0.15) is 0 Å². The van der Waals surface area contributed by atoms with Crippen molar-refractivity contribution < 1.29 is 19.1 Å². The Bertz CT molecular complexity index is 503. The van der Waals surface area contributed by atoms with Crippen molar-refractivity contribution in [3.63, 3.8) is 0 Å². The molecule has 0 aliphatic heterocycles. The minimum atomic E-state index is -0.480.